The van der Waals surface area contributed by atoms with Crippen LogP contribution < -0.4 is 19.6 Å². The molecule has 0 saturated carbocycles. The highest BCUT2D eigenvalue weighted by Gasteiger charge is 2.23. The Balaban J connectivity index is 0.673. The predicted octanol–water partition coefficient (Wildman–Crippen LogP) is 28.6. The van der Waals surface area contributed by atoms with Crippen molar-refractivity contribution in [1.29, 1.82) is 0 Å². The Hall–Kier alpha value is -12.8. The summed E-state index contributed by atoms with van der Waals surface area (Å²) in [6.45, 7) is 0. The average Bonchev–Trinajstić information content (AvgIpc) is 0.927. The number of anilines is 12. The van der Waals surface area contributed by atoms with E-state index >= 15 is 0 Å². The number of rotatable bonds is 17. The van der Waals surface area contributed by atoms with Crippen molar-refractivity contribution < 1.29 is 0 Å². The summed E-state index contributed by atoms with van der Waals surface area (Å²) in [7, 11) is 0. The minimum absolute atomic E-state index is 1.05. The first-order chi connectivity index (χ1) is 50.6. The van der Waals surface area contributed by atoms with Gasteiger partial charge in [0.2, 0.25) is 0 Å². The minimum Gasteiger partial charge on any atom is -0.310 e. The Morgan fingerprint density at radius 2 is 0.324 bits per heavy atom. The van der Waals surface area contributed by atoms with Gasteiger partial charge in [0.25, 0.3) is 0 Å². The second-order valence-corrected chi connectivity index (χ2v) is 27.8. The molecule has 18 rings (SSSR count). The second kappa shape index (κ2) is 27.1. The Bertz CT molecular complexity index is 5600. The van der Waals surface area contributed by atoms with Gasteiger partial charge in [0.15, 0.2) is 0 Å². The summed E-state index contributed by atoms with van der Waals surface area (Å²) < 4.78 is 0. The molecule has 0 saturated heterocycles. The SMILES string of the molecule is c1ccc(-c2ccc(-c3ccc(N(c4ccc(N(c5ccc(-c6ccc(N(c7ccc(N(c8ccc(-c9ccc(-c%10ccccc%10)s9)cc8)c8cccc9ccccc89)cc7)c7cccc8ccccc78)cc6)cc5)c5cccc6ccccc56)cc4)c4cccc5ccccc45)cc3)s2)cc1. The molecule has 0 amide bonds. The summed E-state index contributed by atoms with van der Waals surface area (Å²) in [5.74, 6) is 0. The Kier molecular flexibility index (Phi) is 16.3. The first-order valence-electron chi connectivity index (χ1n) is 34.6. The van der Waals surface area contributed by atoms with Crippen LogP contribution in [0.25, 0.3) is 96.0 Å². The van der Waals surface area contributed by atoms with Crippen LogP contribution in [0.15, 0.2) is 400 Å². The topological polar surface area (TPSA) is 13.0 Å². The van der Waals surface area contributed by atoms with E-state index in [9.17, 15) is 0 Å². The van der Waals surface area contributed by atoms with Gasteiger partial charge in [-0.05, 0) is 201 Å². The van der Waals surface area contributed by atoms with Crippen molar-refractivity contribution in [3.8, 4) is 52.9 Å². The van der Waals surface area contributed by atoms with Crippen LogP contribution in [-0.4, -0.2) is 0 Å². The lowest BCUT2D eigenvalue weighted by Gasteiger charge is -2.30. The van der Waals surface area contributed by atoms with Crippen LogP contribution in [0.1, 0.15) is 0 Å². The highest BCUT2D eigenvalue weighted by molar-refractivity contribution is 7.19. The van der Waals surface area contributed by atoms with Crippen LogP contribution in [-0.2, 0) is 0 Å². The zero-order valence-corrected chi connectivity index (χ0v) is 57.3. The van der Waals surface area contributed by atoms with Gasteiger partial charge >= 0.3 is 0 Å². The van der Waals surface area contributed by atoms with Crippen LogP contribution in [0.5, 0.6) is 0 Å². The number of hydrogen-bond donors (Lipinski definition) is 0. The second-order valence-electron chi connectivity index (χ2n) is 25.6. The summed E-state index contributed by atoms with van der Waals surface area (Å²) in [6, 6.07) is 146. The van der Waals surface area contributed by atoms with E-state index in [1.54, 1.807) is 0 Å². The molecule has 6 heteroatoms. The molecule has 4 nitrogen and oxygen atoms in total. The lowest BCUT2D eigenvalue weighted by molar-refractivity contribution is 1.27. The van der Waals surface area contributed by atoms with Gasteiger partial charge in [-0.2, -0.15) is 0 Å². The molecule has 0 atom stereocenters. The maximum atomic E-state index is 2.40. The molecule has 2 heterocycles. The molecule has 0 aliphatic rings. The molecule has 102 heavy (non-hydrogen) atoms. The standard InChI is InChI=1S/C96H66N4S2/c1-3-23-73(24-4-1)93-63-65-95(101-93)75-43-51-79(52-44-75)99(91-37-17-29-71-21-9-13-33-87(71)91)83-59-55-81(56-60-83)97(89-35-15-27-69-19-7-11-31-85(69)89)77-47-39-67(40-48-77)68-41-49-78(50-42-68)98(90-36-16-28-70-20-8-12-32-86(70)90)82-57-61-84(62-58-82)100(92-38-18-30-72-22-10-14-34-88(72)92)80-53-45-76(46-54-80)96-66-64-94(102-96)74-25-5-2-6-26-74/h1-66H. The van der Waals surface area contributed by atoms with Gasteiger partial charge < -0.3 is 19.6 Å². The molecule has 0 aliphatic heterocycles. The number of hydrogen-bond acceptors (Lipinski definition) is 6. The molecule has 482 valence electrons. The van der Waals surface area contributed by atoms with Crippen LogP contribution >= 0.6 is 22.7 Å². The largest absolute Gasteiger partial charge is 0.310 e. The molecule has 0 unspecified atom stereocenters. The van der Waals surface area contributed by atoms with Crippen molar-refractivity contribution >= 4 is 134 Å². The van der Waals surface area contributed by atoms with Crippen molar-refractivity contribution in [3.05, 3.63) is 400 Å². The van der Waals surface area contributed by atoms with Crippen LogP contribution in [0.3, 0.4) is 0 Å². The fourth-order valence-electron chi connectivity index (χ4n) is 14.5. The van der Waals surface area contributed by atoms with E-state index in [1.807, 2.05) is 22.7 Å². The number of nitrogens with zero attached hydrogens (tertiary/aromatic N) is 4. The molecule has 0 radical (unpaired) electrons. The van der Waals surface area contributed by atoms with Gasteiger partial charge in [-0.25, -0.2) is 0 Å². The van der Waals surface area contributed by atoms with Crippen LogP contribution in [0.2, 0.25) is 0 Å². The summed E-state index contributed by atoms with van der Waals surface area (Å²) in [6.07, 6.45) is 0. The zero-order valence-electron chi connectivity index (χ0n) is 55.7. The average molecular weight is 1340 g/mol. The van der Waals surface area contributed by atoms with E-state index in [-0.39, 0.29) is 0 Å². The minimum atomic E-state index is 1.05. The lowest BCUT2D eigenvalue weighted by atomic mass is 10.0. The summed E-state index contributed by atoms with van der Waals surface area (Å²) in [5.41, 5.74) is 20.1. The third-order valence-corrected chi connectivity index (χ3v) is 21.9. The van der Waals surface area contributed by atoms with E-state index in [1.165, 1.54) is 84.9 Å². The highest BCUT2D eigenvalue weighted by Crippen LogP contribution is 2.48. The first kappa shape index (κ1) is 61.5. The van der Waals surface area contributed by atoms with E-state index < -0.39 is 0 Å². The Morgan fingerprint density at radius 1 is 0.137 bits per heavy atom. The Morgan fingerprint density at radius 3 is 0.569 bits per heavy atom. The smallest absolute Gasteiger partial charge is 0.0540 e. The van der Waals surface area contributed by atoms with Gasteiger partial charge in [-0.1, -0.05) is 255 Å². The number of fused-ring (bicyclic) bond motifs is 4. The van der Waals surface area contributed by atoms with Crippen molar-refractivity contribution in [1.82, 2.24) is 0 Å². The van der Waals surface area contributed by atoms with Gasteiger partial charge in [0.05, 0.1) is 22.7 Å². The van der Waals surface area contributed by atoms with Crippen molar-refractivity contribution in [3.63, 3.8) is 0 Å². The molecular formula is C96H66N4S2. The Labute approximate surface area is 602 Å². The van der Waals surface area contributed by atoms with E-state index in [2.05, 4.69) is 420 Å². The normalized spacial score (nSPS) is 11.3. The first-order valence-corrected chi connectivity index (χ1v) is 36.2. The molecule has 0 fully saturated rings. The summed E-state index contributed by atoms with van der Waals surface area (Å²) in [5, 5.41) is 9.47. The molecule has 2 aromatic heterocycles. The van der Waals surface area contributed by atoms with E-state index in [0.29, 0.717) is 0 Å². The molecule has 0 N–H and O–H groups in total. The molecule has 0 aliphatic carbocycles. The monoisotopic (exact) mass is 1340 g/mol. The van der Waals surface area contributed by atoms with Crippen molar-refractivity contribution in [2.75, 3.05) is 19.6 Å². The third-order valence-electron chi connectivity index (χ3n) is 19.5. The van der Waals surface area contributed by atoms with Crippen LogP contribution in [0, 0.1) is 0 Å². The molecular weight excluding hydrogens is 1270 g/mol. The molecule has 18 aromatic rings. The maximum absolute atomic E-state index is 2.40. The van der Waals surface area contributed by atoms with Crippen LogP contribution in [0.4, 0.5) is 68.2 Å². The fraction of sp³-hybridized carbons (Fsp3) is 0. The lowest BCUT2D eigenvalue weighted by Crippen LogP contribution is -2.13. The van der Waals surface area contributed by atoms with Gasteiger partial charge in [0, 0.05) is 86.6 Å². The third kappa shape index (κ3) is 11.9. The predicted molar refractivity (Wildman–Crippen MR) is 438 cm³/mol. The maximum Gasteiger partial charge on any atom is 0.0540 e. The molecule has 0 bridgehead atoms. The summed E-state index contributed by atoms with van der Waals surface area (Å²) in [4.78, 5) is 14.6. The van der Waals surface area contributed by atoms with E-state index in [0.717, 1.165) is 79.4 Å². The van der Waals surface area contributed by atoms with Gasteiger partial charge in [0.1, 0.15) is 0 Å². The highest BCUT2D eigenvalue weighted by atomic mass is 32.1. The summed E-state index contributed by atoms with van der Waals surface area (Å²) >= 11 is 3.65. The fourth-order valence-corrected chi connectivity index (χ4v) is 16.5. The quantitative estimate of drug-likeness (QED) is 0.0901. The van der Waals surface area contributed by atoms with Gasteiger partial charge in [-0.3, -0.25) is 0 Å². The number of benzene rings is 16. The zero-order chi connectivity index (χ0) is 67.7. The van der Waals surface area contributed by atoms with Gasteiger partial charge in [-0.15, -0.1) is 22.7 Å². The van der Waals surface area contributed by atoms with E-state index in [4.69, 9.17) is 0 Å². The molecule has 16 aromatic carbocycles. The number of thiophene rings is 2. The van der Waals surface area contributed by atoms with Crippen molar-refractivity contribution in [2.24, 2.45) is 0 Å². The molecule has 0 spiro atoms. The van der Waals surface area contributed by atoms with Crippen molar-refractivity contribution in [2.45, 2.75) is 0 Å².